The zero-order valence-electron chi connectivity index (χ0n) is 15.5. The number of carbonyl (C=O) groups is 2. The highest BCUT2D eigenvalue weighted by Gasteiger charge is 2.30. The number of aliphatic hydroxyl groups excluding tert-OH is 1. The van der Waals surface area contributed by atoms with Crippen molar-refractivity contribution in [2.24, 2.45) is 0 Å². The Morgan fingerprint density at radius 1 is 1.35 bits per heavy atom. The Bertz CT molecular complexity index is 673. The predicted molar refractivity (Wildman–Crippen MR) is 102 cm³/mol. The minimum Gasteiger partial charge on any atom is -0.462 e. The second kappa shape index (κ2) is 8.50. The lowest BCUT2D eigenvalue weighted by Gasteiger charge is -2.33. The molecule has 0 spiro atoms. The summed E-state index contributed by atoms with van der Waals surface area (Å²) < 4.78 is 5.24. The Hall–Kier alpha value is -1.44. The number of amides is 1. The molecule has 1 aliphatic carbocycles. The summed E-state index contributed by atoms with van der Waals surface area (Å²) in [6.07, 6.45) is 5.30. The molecule has 26 heavy (non-hydrogen) atoms. The smallest absolute Gasteiger partial charge is 0.341 e. The van der Waals surface area contributed by atoms with Crippen LogP contribution in [0.1, 0.15) is 60.3 Å². The highest BCUT2D eigenvalue weighted by Crippen LogP contribution is 2.38. The molecule has 2 atom stereocenters. The largest absolute Gasteiger partial charge is 0.462 e. The molecule has 7 heteroatoms. The maximum absolute atomic E-state index is 12.8. The summed E-state index contributed by atoms with van der Waals surface area (Å²) >= 11 is 1.51. The molecule has 1 fully saturated rings. The first-order valence-electron chi connectivity index (χ1n) is 9.55. The van der Waals surface area contributed by atoms with E-state index >= 15 is 0 Å². The van der Waals surface area contributed by atoms with E-state index in [0.717, 1.165) is 50.6 Å². The molecule has 1 amide bonds. The average molecular weight is 381 g/mol. The number of anilines is 1. The molecule has 144 valence electrons. The van der Waals surface area contributed by atoms with E-state index in [-0.39, 0.29) is 24.0 Å². The number of aryl methyl sites for hydroxylation is 1. The van der Waals surface area contributed by atoms with E-state index in [1.54, 1.807) is 6.92 Å². The quantitative estimate of drug-likeness (QED) is 0.768. The first kappa shape index (κ1) is 19.3. The Morgan fingerprint density at radius 2 is 2.12 bits per heavy atom. The van der Waals surface area contributed by atoms with Crippen molar-refractivity contribution in [2.45, 2.75) is 64.5 Å². The Morgan fingerprint density at radius 3 is 2.85 bits per heavy atom. The molecule has 3 rings (SSSR count). The number of hydrogen-bond donors (Lipinski definition) is 2. The molecular weight excluding hydrogens is 352 g/mol. The molecule has 0 aromatic carbocycles. The number of nitrogens with zero attached hydrogens (tertiary/aromatic N) is 1. The van der Waals surface area contributed by atoms with Gasteiger partial charge in [-0.1, -0.05) is 0 Å². The maximum Gasteiger partial charge on any atom is 0.341 e. The van der Waals surface area contributed by atoms with E-state index in [1.807, 2.05) is 11.8 Å². The van der Waals surface area contributed by atoms with Crippen molar-refractivity contribution in [1.82, 2.24) is 4.90 Å². The molecule has 0 bridgehead atoms. The molecule has 2 heterocycles. The van der Waals surface area contributed by atoms with Gasteiger partial charge in [0.25, 0.3) is 0 Å². The monoisotopic (exact) mass is 380 g/mol. The molecule has 2 unspecified atom stereocenters. The normalized spacial score (nSPS) is 21.7. The van der Waals surface area contributed by atoms with E-state index in [0.29, 0.717) is 23.7 Å². The van der Waals surface area contributed by atoms with Crippen molar-refractivity contribution in [3.63, 3.8) is 0 Å². The van der Waals surface area contributed by atoms with Gasteiger partial charge in [0.2, 0.25) is 5.91 Å². The van der Waals surface area contributed by atoms with E-state index in [9.17, 15) is 14.7 Å². The van der Waals surface area contributed by atoms with Crippen LogP contribution in [0.25, 0.3) is 0 Å². The molecule has 2 aliphatic rings. The molecule has 1 aliphatic heterocycles. The lowest BCUT2D eigenvalue weighted by molar-refractivity contribution is -0.121. The number of likely N-dealkylation sites (tertiary alicyclic amines) is 1. The Kier molecular flexibility index (Phi) is 6.32. The lowest BCUT2D eigenvalue weighted by atomic mass is 9.95. The fourth-order valence-corrected chi connectivity index (χ4v) is 5.07. The minimum atomic E-state index is -0.372. The standard InChI is InChI=1S/C19H28N2O4S/c1-3-25-19(24)16-14-8-4-5-9-15(14)26-18(16)20-17(23)12(2)21-10-6-7-13(22)11-21/h12-13,22H,3-11H2,1-2H3,(H,20,23). The van der Waals surface area contributed by atoms with Crippen molar-refractivity contribution in [3.8, 4) is 0 Å². The molecular formula is C19H28N2O4S. The van der Waals surface area contributed by atoms with Gasteiger partial charge in [-0.15, -0.1) is 11.3 Å². The van der Waals surface area contributed by atoms with Gasteiger partial charge in [0.1, 0.15) is 5.00 Å². The van der Waals surface area contributed by atoms with Crippen molar-refractivity contribution < 1.29 is 19.4 Å². The van der Waals surface area contributed by atoms with Crippen LogP contribution in [0, 0.1) is 0 Å². The number of β-amino-alcohol motifs (C(OH)–C–C–N with tert-alkyl or cyclic N) is 1. The number of aliphatic hydroxyl groups is 1. The van der Waals surface area contributed by atoms with Gasteiger partial charge < -0.3 is 15.2 Å². The van der Waals surface area contributed by atoms with E-state index in [2.05, 4.69) is 5.32 Å². The van der Waals surface area contributed by atoms with Crippen LogP contribution in [0.2, 0.25) is 0 Å². The van der Waals surface area contributed by atoms with Crippen LogP contribution < -0.4 is 5.32 Å². The summed E-state index contributed by atoms with van der Waals surface area (Å²) in [4.78, 5) is 28.5. The highest BCUT2D eigenvalue weighted by molar-refractivity contribution is 7.17. The van der Waals surface area contributed by atoms with Crippen molar-refractivity contribution >= 4 is 28.2 Å². The summed E-state index contributed by atoms with van der Waals surface area (Å²) in [5, 5.41) is 13.4. The zero-order valence-corrected chi connectivity index (χ0v) is 16.4. The number of hydrogen-bond acceptors (Lipinski definition) is 6. The molecule has 1 saturated heterocycles. The maximum atomic E-state index is 12.8. The number of ether oxygens (including phenoxy) is 1. The minimum absolute atomic E-state index is 0.136. The lowest BCUT2D eigenvalue weighted by Crippen LogP contribution is -2.48. The van der Waals surface area contributed by atoms with Crippen LogP contribution in [0.5, 0.6) is 0 Å². The van der Waals surface area contributed by atoms with Crippen molar-refractivity contribution in [1.29, 1.82) is 0 Å². The number of nitrogens with one attached hydrogen (secondary N) is 1. The summed E-state index contributed by atoms with van der Waals surface area (Å²) in [7, 11) is 0. The third-order valence-corrected chi connectivity index (χ3v) is 6.45. The van der Waals surface area contributed by atoms with Crippen molar-refractivity contribution in [2.75, 3.05) is 25.0 Å². The van der Waals surface area contributed by atoms with Crippen LogP contribution >= 0.6 is 11.3 Å². The number of rotatable bonds is 5. The van der Waals surface area contributed by atoms with Gasteiger partial charge in [-0.05, 0) is 64.5 Å². The topological polar surface area (TPSA) is 78.9 Å². The fourth-order valence-electron chi connectivity index (χ4n) is 3.79. The number of piperidine rings is 1. The number of esters is 1. The first-order valence-corrected chi connectivity index (χ1v) is 10.4. The molecule has 6 nitrogen and oxygen atoms in total. The molecule has 0 radical (unpaired) electrons. The van der Waals surface area contributed by atoms with Gasteiger partial charge in [-0.2, -0.15) is 0 Å². The van der Waals surface area contributed by atoms with E-state index < -0.39 is 0 Å². The van der Waals surface area contributed by atoms with Gasteiger partial charge in [0.05, 0.1) is 24.3 Å². The predicted octanol–water partition coefficient (Wildman–Crippen LogP) is 2.59. The summed E-state index contributed by atoms with van der Waals surface area (Å²) in [6, 6.07) is -0.348. The molecule has 0 saturated carbocycles. The second-order valence-corrected chi connectivity index (χ2v) is 8.20. The highest BCUT2D eigenvalue weighted by atomic mass is 32.1. The summed E-state index contributed by atoms with van der Waals surface area (Å²) in [5.74, 6) is -0.480. The SMILES string of the molecule is CCOC(=O)c1c(NC(=O)C(C)N2CCCC(O)C2)sc2c1CCCC2. The fraction of sp³-hybridized carbons (Fsp3) is 0.684. The molecule has 1 aromatic heterocycles. The summed E-state index contributed by atoms with van der Waals surface area (Å²) in [6.45, 7) is 5.28. The van der Waals surface area contributed by atoms with Crippen LogP contribution in [-0.2, 0) is 22.4 Å². The van der Waals surface area contributed by atoms with Gasteiger partial charge in [0.15, 0.2) is 0 Å². The second-order valence-electron chi connectivity index (χ2n) is 7.09. The van der Waals surface area contributed by atoms with Crippen LogP contribution in [-0.4, -0.2) is 53.7 Å². The van der Waals surface area contributed by atoms with Gasteiger partial charge in [0, 0.05) is 11.4 Å². The Labute approximate surface area is 158 Å². The van der Waals surface area contributed by atoms with Gasteiger partial charge >= 0.3 is 5.97 Å². The van der Waals surface area contributed by atoms with Crippen LogP contribution in [0.4, 0.5) is 5.00 Å². The van der Waals surface area contributed by atoms with Crippen LogP contribution in [0.3, 0.4) is 0 Å². The number of thiophene rings is 1. The van der Waals surface area contributed by atoms with E-state index in [4.69, 9.17) is 4.74 Å². The Balaban J connectivity index is 1.78. The number of fused-ring (bicyclic) bond motifs is 1. The first-order chi connectivity index (χ1) is 12.5. The average Bonchev–Trinajstić information content (AvgIpc) is 2.99. The summed E-state index contributed by atoms with van der Waals surface area (Å²) in [5.41, 5.74) is 1.60. The van der Waals surface area contributed by atoms with Gasteiger partial charge in [-0.3, -0.25) is 9.69 Å². The van der Waals surface area contributed by atoms with Crippen LogP contribution in [0.15, 0.2) is 0 Å². The third-order valence-electron chi connectivity index (χ3n) is 5.24. The number of carbonyl (C=O) groups excluding carboxylic acids is 2. The van der Waals surface area contributed by atoms with Crippen molar-refractivity contribution in [3.05, 3.63) is 16.0 Å². The van der Waals surface area contributed by atoms with E-state index in [1.165, 1.54) is 16.2 Å². The van der Waals surface area contributed by atoms with Gasteiger partial charge in [-0.25, -0.2) is 4.79 Å². The third kappa shape index (κ3) is 4.10. The molecule has 1 aromatic rings. The zero-order chi connectivity index (χ0) is 18.7. The molecule has 2 N–H and O–H groups in total.